The molecule has 14 nitrogen and oxygen atoms in total. The summed E-state index contributed by atoms with van der Waals surface area (Å²) in [6.07, 6.45) is -4.41. The molecule has 0 aromatic rings. The van der Waals surface area contributed by atoms with Gasteiger partial charge in [-0.15, -0.1) is 0 Å². The van der Waals surface area contributed by atoms with Crippen LogP contribution in [0.3, 0.4) is 0 Å². The maximum Gasteiger partial charge on any atom is 0.310 e. The van der Waals surface area contributed by atoms with E-state index in [4.69, 9.17) is 0 Å². The Balaban J connectivity index is 7.36. The number of hydrogen-bond donors (Lipinski definition) is 13. The lowest BCUT2D eigenvalue weighted by atomic mass is 9.41. The zero-order valence-electron chi connectivity index (χ0n) is 30.5. The highest BCUT2D eigenvalue weighted by Gasteiger charge is 2.67. The summed E-state index contributed by atoms with van der Waals surface area (Å²) in [4.78, 5) is 13.7. The van der Waals surface area contributed by atoms with E-state index in [1.807, 2.05) is 0 Å². The van der Waals surface area contributed by atoms with E-state index in [9.17, 15) is 71.2 Å². The monoisotopic (exact) mass is 728 g/mol. The van der Waals surface area contributed by atoms with Crippen molar-refractivity contribution in [2.45, 2.75) is 160 Å². The molecule has 300 valence electrons. The molecule has 0 rings (SSSR count). The van der Waals surface area contributed by atoms with Crippen LogP contribution in [-0.2, 0) is 4.79 Å². The van der Waals surface area contributed by atoms with Gasteiger partial charge in [0.15, 0.2) is 0 Å². The Morgan fingerprint density at radius 3 is 1.08 bits per heavy atom. The topological polar surface area (TPSA) is 280 Å². The molecular weight excluding hydrogens is 656 g/mol. The number of unbranched alkanes of at least 4 members (excludes halogenated alkanes) is 8. The smallest absolute Gasteiger partial charge is 0.310 e. The molecule has 13 N–H and O–H groups in total. The van der Waals surface area contributed by atoms with Crippen molar-refractivity contribution in [3.8, 4) is 0 Å². The van der Waals surface area contributed by atoms with Gasteiger partial charge < -0.3 is 66.4 Å². The van der Waals surface area contributed by atoms with Gasteiger partial charge in [-0.25, -0.2) is 0 Å². The van der Waals surface area contributed by atoms with Gasteiger partial charge in [0.05, 0.1) is 81.7 Å². The lowest BCUT2D eigenvalue weighted by Crippen LogP contribution is -2.63. The first-order valence-corrected chi connectivity index (χ1v) is 18.6. The number of aliphatic carboxylic acids is 1. The average Bonchev–Trinajstić information content (AvgIpc) is 3.08. The zero-order valence-corrected chi connectivity index (χ0v) is 30.5. The molecule has 0 fully saturated rings. The highest BCUT2D eigenvalue weighted by atomic mass is 16.4. The Kier molecular flexibility index (Phi) is 25.4. The van der Waals surface area contributed by atoms with Gasteiger partial charge in [0.1, 0.15) is 0 Å². The molecule has 6 atom stereocenters. The van der Waals surface area contributed by atoms with E-state index in [2.05, 4.69) is 13.8 Å². The summed E-state index contributed by atoms with van der Waals surface area (Å²) in [5, 5.41) is 137. The Labute approximate surface area is 298 Å². The largest absolute Gasteiger partial charge is 0.481 e. The molecule has 0 radical (unpaired) electrons. The van der Waals surface area contributed by atoms with Crippen LogP contribution in [0.2, 0.25) is 0 Å². The number of hydrogen-bond acceptors (Lipinski definition) is 13. The first kappa shape index (κ1) is 49.0. The molecule has 50 heavy (non-hydrogen) atoms. The standard InChI is InChI=1S/C36H72O14/c1-26(2)12-10-8-6-4-3-5-7-9-11-13-34(14-27(43)20-37,15-28(44)21-38)36(18-31(47)24-41,19-32(48)25-42)35(33(49)50,16-29(45)22-39)17-30(46)23-40/h26-32,37-48H,3-25H2,1-2H3,(H,49,50). The summed E-state index contributed by atoms with van der Waals surface area (Å²) < 4.78 is 0. The summed E-state index contributed by atoms with van der Waals surface area (Å²) in [6.45, 7) is -0.899. The second kappa shape index (κ2) is 25.9. The Morgan fingerprint density at radius 2 is 0.760 bits per heavy atom. The highest BCUT2D eigenvalue weighted by molar-refractivity contribution is 5.76. The van der Waals surface area contributed by atoms with Crippen molar-refractivity contribution in [3.05, 3.63) is 0 Å². The van der Waals surface area contributed by atoms with Crippen molar-refractivity contribution < 1.29 is 71.2 Å². The minimum absolute atomic E-state index is 0.00785. The summed E-state index contributed by atoms with van der Waals surface area (Å²) >= 11 is 0. The van der Waals surface area contributed by atoms with Crippen molar-refractivity contribution in [1.29, 1.82) is 0 Å². The molecule has 0 spiro atoms. The SMILES string of the molecule is CC(C)CCCCCCCCCCCC(CC(O)CO)(CC(O)CO)C(CC(O)CO)(CC(O)CO)C(CC(O)CO)(CC(O)CO)C(=O)O. The minimum atomic E-state index is -2.47. The molecule has 6 unspecified atom stereocenters. The van der Waals surface area contributed by atoms with Gasteiger partial charge in [-0.05, 0) is 61.7 Å². The number of carbonyl (C=O) groups is 1. The minimum Gasteiger partial charge on any atom is -0.481 e. The predicted molar refractivity (Wildman–Crippen MR) is 187 cm³/mol. The Morgan fingerprint density at radius 1 is 0.460 bits per heavy atom. The normalized spacial score (nSPS) is 19.6. The molecule has 0 aromatic carbocycles. The number of carboxylic acids is 1. The van der Waals surface area contributed by atoms with Gasteiger partial charge in [-0.2, -0.15) is 0 Å². The van der Waals surface area contributed by atoms with Crippen LogP contribution in [0.5, 0.6) is 0 Å². The van der Waals surface area contributed by atoms with Crippen molar-refractivity contribution >= 4 is 5.97 Å². The molecule has 14 heteroatoms. The molecule has 0 aliphatic rings. The summed E-state index contributed by atoms with van der Waals surface area (Å²) in [5.41, 5.74) is -6.35. The molecule has 0 bridgehead atoms. The number of carboxylic acid groups (broad SMARTS) is 1. The molecule has 0 aromatic heterocycles. The third kappa shape index (κ3) is 15.5. The zero-order chi connectivity index (χ0) is 38.4. The average molecular weight is 729 g/mol. The second-order valence-corrected chi connectivity index (χ2v) is 15.1. The van der Waals surface area contributed by atoms with E-state index < -0.39 is 137 Å². The first-order chi connectivity index (χ1) is 23.6. The molecule has 0 saturated heterocycles. The summed E-state index contributed by atoms with van der Waals surface area (Å²) in [5.74, 6) is -1.00. The van der Waals surface area contributed by atoms with E-state index in [1.54, 1.807) is 0 Å². The van der Waals surface area contributed by atoms with Gasteiger partial charge in [0.2, 0.25) is 0 Å². The van der Waals surface area contributed by atoms with Crippen LogP contribution in [0.1, 0.15) is 123 Å². The van der Waals surface area contributed by atoms with Gasteiger partial charge in [0.25, 0.3) is 0 Å². The van der Waals surface area contributed by atoms with Crippen molar-refractivity contribution in [3.63, 3.8) is 0 Å². The van der Waals surface area contributed by atoms with E-state index in [0.717, 1.165) is 32.1 Å². The van der Waals surface area contributed by atoms with Crippen LogP contribution in [0.15, 0.2) is 0 Å². The molecule has 0 amide bonds. The quantitative estimate of drug-likeness (QED) is 0.0409. The third-order valence-corrected chi connectivity index (χ3v) is 10.6. The van der Waals surface area contributed by atoms with Crippen LogP contribution < -0.4 is 0 Å². The fourth-order valence-corrected chi connectivity index (χ4v) is 8.34. The predicted octanol–water partition coefficient (Wildman–Crippen LogP) is 0.437. The number of aliphatic hydroxyl groups excluding tert-OH is 12. The van der Waals surface area contributed by atoms with Gasteiger partial charge in [-0.1, -0.05) is 78.1 Å². The molecule has 0 heterocycles. The maximum atomic E-state index is 13.7. The number of aliphatic hydroxyl groups is 12. The van der Waals surface area contributed by atoms with Gasteiger partial charge >= 0.3 is 5.97 Å². The molecule has 0 saturated carbocycles. The van der Waals surface area contributed by atoms with E-state index in [0.29, 0.717) is 18.8 Å². The van der Waals surface area contributed by atoms with Gasteiger partial charge in [0, 0.05) is 0 Å². The van der Waals surface area contributed by atoms with Crippen LogP contribution in [0.25, 0.3) is 0 Å². The Bertz CT molecular complexity index is 823. The fraction of sp³-hybridized carbons (Fsp3) is 0.972. The summed E-state index contributed by atoms with van der Waals surface area (Å²) in [6, 6.07) is 0. The van der Waals surface area contributed by atoms with Crippen molar-refractivity contribution in [2.75, 3.05) is 39.6 Å². The van der Waals surface area contributed by atoms with Crippen molar-refractivity contribution in [1.82, 2.24) is 0 Å². The van der Waals surface area contributed by atoms with Crippen LogP contribution >= 0.6 is 0 Å². The Hall–Kier alpha value is -1.01. The first-order valence-electron chi connectivity index (χ1n) is 18.6. The lowest BCUT2D eigenvalue weighted by Gasteiger charge is -2.62. The van der Waals surface area contributed by atoms with Crippen LogP contribution in [0.4, 0.5) is 0 Å². The lowest BCUT2D eigenvalue weighted by molar-refractivity contribution is -0.215. The fourth-order valence-electron chi connectivity index (χ4n) is 8.34. The van der Waals surface area contributed by atoms with E-state index >= 15 is 0 Å². The van der Waals surface area contributed by atoms with E-state index in [1.165, 1.54) is 19.3 Å². The molecule has 0 aliphatic carbocycles. The number of rotatable bonds is 33. The maximum absolute atomic E-state index is 13.7. The van der Waals surface area contributed by atoms with Crippen molar-refractivity contribution in [2.24, 2.45) is 22.2 Å². The van der Waals surface area contributed by atoms with Crippen LogP contribution in [0, 0.1) is 22.2 Å². The second-order valence-electron chi connectivity index (χ2n) is 15.1. The summed E-state index contributed by atoms with van der Waals surface area (Å²) in [7, 11) is 0. The van der Waals surface area contributed by atoms with E-state index in [-0.39, 0.29) is 6.42 Å². The van der Waals surface area contributed by atoms with Crippen LogP contribution in [-0.4, -0.2) is 149 Å². The third-order valence-electron chi connectivity index (χ3n) is 10.6. The highest BCUT2D eigenvalue weighted by Crippen LogP contribution is 2.66. The van der Waals surface area contributed by atoms with Gasteiger partial charge in [-0.3, -0.25) is 4.79 Å². The molecular formula is C36H72O14. The molecule has 0 aliphatic heterocycles.